The topological polar surface area (TPSA) is 66.7 Å². The summed E-state index contributed by atoms with van der Waals surface area (Å²) in [5.74, 6) is 1.10. The van der Waals surface area contributed by atoms with Gasteiger partial charge in [0.2, 0.25) is 11.8 Å². The van der Waals surface area contributed by atoms with Gasteiger partial charge in [0.25, 0.3) is 0 Å². The van der Waals surface area contributed by atoms with Crippen LogP contribution in [0, 0.1) is 6.92 Å². The number of nitrogens with one attached hydrogen (secondary N) is 2. The summed E-state index contributed by atoms with van der Waals surface area (Å²) in [7, 11) is 0. The molecule has 0 spiro atoms. The molecule has 0 atom stereocenters. The monoisotopic (exact) mass is 254 g/mol. The Morgan fingerprint density at radius 3 is 2.84 bits per heavy atom. The van der Waals surface area contributed by atoms with Gasteiger partial charge in [0.05, 0.1) is 5.56 Å². The fourth-order valence-corrected chi connectivity index (χ4v) is 1.89. The van der Waals surface area contributed by atoms with Gasteiger partial charge in [-0.25, -0.2) is 0 Å². The largest absolute Gasteiger partial charge is 0.421 e. The van der Waals surface area contributed by atoms with Crippen LogP contribution in [0.1, 0.15) is 11.5 Å². The molecule has 5 nitrogen and oxygen atoms in total. The third kappa shape index (κ3) is 2.49. The van der Waals surface area contributed by atoms with Gasteiger partial charge in [-0.2, -0.15) is 0 Å². The minimum Gasteiger partial charge on any atom is -0.421 e. The SMILES string of the molecule is Cc1nnc(-c2ccccc2NCc2cc[nH]c2)o1. The van der Waals surface area contributed by atoms with Crippen LogP contribution < -0.4 is 5.32 Å². The molecule has 0 aliphatic rings. The Balaban J connectivity index is 1.85. The number of aromatic nitrogens is 3. The lowest BCUT2D eigenvalue weighted by molar-refractivity contribution is 0.533. The van der Waals surface area contributed by atoms with Crippen molar-refractivity contribution >= 4 is 5.69 Å². The highest BCUT2D eigenvalue weighted by Gasteiger charge is 2.10. The highest BCUT2D eigenvalue weighted by Crippen LogP contribution is 2.26. The predicted molar refractivity (Wildman–Crippen MR) is 72.6 cm³/mol. The molecule has 0 unspecified atom stereocenters. The molecule has 19 heavy (non-hydrogen) atoms. The number of benzene rings is 1. The Bertz CT molecular complexity index is 658. The second-order valence-electron chi connectivity index (χ2n) is 4.24. The summed E-state index contributed by atoms with van der Waals surface area (Å²) < 4.78 is 5.48. The number of aromatic amines is 1. The minimum absolute atomic E-state index is 0.537. The smallest absolute Gasteiger partial charge is 0.249 e. The van der Waals surface area contributed by atoms with Crippen LogP contribution in [0.25, 0.3) is 11.5 Å². The molecule has 0 amide bonds. The van der Waals surface area contributed by atoms with Crippen LogP contribution in [0.3, 0.4) is 0 Å². The summed E-state index contributed by atoms with van der Waals surface area (Å²) in [6.07, 6.45) is 3.87. The molecule has 0 fully saturated rings. The van der Waals surface area contributed by atoms with Crippen molar-refractivity contribution in [1.29, 1.82) is 0 Å². The Morgan fingerprint density at radius 1 is 1.21 bits per heavy atom. The quantitative estimate of drug-likeness (QED) is 0.751. The van der Waals surface area contributed by atoms with E-state index in [0.29, 0.717) is 11.8 Å². The van der Waals surface area contributed by atoms with Gasteiger partial charge in [0.15, 0.2) is 0 Å². The fraction of sp³-hybridized carbons (Fsp3) is 0.143. The molecule has 5 heteroatoms. The third-order valence-electron chi connectivity index (χ3n) is 2.83. The van der Waals surface area contributed by atoms with Gasteiger partial charge in [-0.1, -0.05) is 12.1 Å². The van der Waals surface area contributed by atoms with Gasteiger partial charge in [0.1, 0.15) is 0 Å². The van der Waals surface area contributed by atoms with Crippen LogP contribution >= 0.6 is 0 Å². The number of hydrogen-bond acceptors (Lipinski definition) is 4. The molecule has 96 valence electrons. The van der Waals surface area contributed by atoms with Crippen molar-refractivity contribution in [3.8, 4) is 11.5 Å². The Morgan fingerprint density at radius 2 is 2.11 bits per heavy atom. The number of para-hydroxylation sites is 1. The van der Waals surface area contributed by atoms with E-state index in [1.807, 2.05) is 42.7 Å². The number of nitrogens with zero attached hydrogens (tertiary/aromatic N) is 2. The zero-order valence-corrected chi connectivity index (χ0v) is 10.6. The second kappa shape index (κ2) is 4.97. The van der Waals surface area contributed by atoms with Crippen molar-refractivity contribution < 1.29 is 4.42 Å². The average molecular weight is 254 g/mol. The van der Waals surface area contributed by atoms with E-state index in [2.05, 4.69) is 20.5 Å². The maximum absolute atomic E-state index is 5.48. The maximum Gasteiger partial charge on any atom is 0.249 e. The molecular formula is C14H14N4O. The van der Waals surface area contributed by atoms with Crippen LogP contribution in [-0.2, 0) is 6.54 Å². The molecule has 2 heterocycles. The van der Waals surface area contributed by atoms with Gasteiger partial charge in [-0.15, -0.1) is 10.2 Å². The lowest BCUT2D eigenvalue weighted by Crippen LogP contribution is -1.99. The van der Waals surface area contributed by atoms with Crippen LogP contribution in [-0.4, -0.2) is 15.2 Å². The minimum atomic E-state index is 0.537. The van der Waals surface area contributed by atoms with E-state index < -0.39 is 0 Å². The summed E-state index contributed by atoms with van der Waals surface area (Å²) in [5.41, 5.74) is 3.09. The molecule has 0 aliphatic heterocycles. The van der Waals surface area contributed by atoms with Crippen LogP contribution in [0.4, 0.5) is 5.69 Å². The molecule has 3 aromatic rings. The van der Waals surface area contributed by atoms with Crippen molar-refractivity contribution in [1.82, 2.24) is 15.2 Å². The van der Waals surface area contributed by atoms with E-state index in [1.54, 1.807) is 6.92 Å². The average Bonchev–Trinajstić information content (AvgIpc) is 3.08. The number of anilines is 1. The molecule has 2 aromatic heterocycles. The first-order valence-electron chi connectivity index (χ1n) is 6.08. The van der Waals surface area contributed by atoms with E-state index in [4.69, 9.17) is 4.42 Å². The molecule has 0 radical (unpaired) electrons. The van der Waals surface area contributed by atoms with Crippen molar-refractivity contribution in [3.05, 3.63) is 54.2 Å². The van der Waals surface area contributed by atoms with E-state index >= 15 is 0 Å². The first-order valence-corrected chi connectivity index (χ1v) is 6.08. The van der Waals surface area contributed by atoms with Crippen molar-refractivity contribution in [2.75, 3.05) is 5.32 Å². The van der Waals surface area contributed by atoms with E-state index in [-0.39, 0.29) is 0 Å². The van der Waals surface area contributed by atoms with Crippen LogP contribution in [0.5, 0.6) is 0 Å². The second-order valence-corrected chi connectivity index (χ2v) is 4.24. The summed E-state index contributed by atoms with van der Waals surface area (Å²) in [6.45, 7) is 2.53. The molecule has 0 aliphatic carbocycles. The molecule has 0 saturated heterocycles. The predicted octanol–water partition coefficient (Wildman–Crippen LogP) is 2.99. The van der Waals surface area contributed by atoms with Crippen molar-refractivity contribution in [3.63, 3.8) is 0 Å². The number of aryl methyl sites for hydroxylation is 1. The number of H-pyrrole nitrogens is 1. The van der Waals surface area contributed by atoms with E-state index in [9.17, 15) is 0 Å². The van der Waals surface area contributed by atoms with Crippen molar-refractivity contribution in [2.24, 2.45) is 0 Å². The van der Waals surface area contributed by atoms with Gasteiger partial charge >= 0.3 is 0 Å². The van der Waals surface area contributed by atoms with E-state index in [0.717, 1.165) is 17.8 Å². The zero-order valence-electron chi connectivity index (χ0n) is 10.6. The van der Waals surface area contributed by atoms with Gasteiger partial charge in [0, 0.05) is 31.5 Å². The Labute approximate surface area is 110 Å². The molecule has 2 N–H and O–H groups in total. The molecular weight excluding hydrogens is 240 g/mol. The van der Waals surface area contributed by atoms with Gasteiger partial charge in [-0.3, -0.25) is 0 Å². The van der Waals surface area contributed by atoms with Crippen molar-refractivity contribution in [2.45, 2.75) is 13.5 Å². The Kier molecular flexibility index (Phi) is 3.02. The summed E-state index contributed by atoms with van der Waals surface area (Å²) in [4.78, 5) is 3.03. The molecule has 1 aromatic carbocycles. The van der Waals surface area contributed by atoms with Gasteiger partial charge < -0.3 is 14.7 Å². The summed E-state index contributed by atoms with van der Waals surface area (Å²) in [6, 6.07) is 9.93. The summed E-state index contributed by atoms with van der Waals surface area (Å²) in [5, 5.41) is 11.3. The Hall–Kier alpha value is -2.56. The first kappa shape index (κ1) is 11.5. The van der Waals surface area contributed by atoms with Crippen LogP contribution in [0.2, 0.25) is 0 Å². The first-order chi connectivity index (χ1) is 9.33. The number of rotatable bonds is 4. The lowest BCUT2D eigenvalue weighted by atomic mass is 10.1. The molecule has 3 rings (SSSR count). The lowest BCUT2D eigenvalue weighted by Gasteiger charge is -2.08. The maximum atomic E-state index is 5.48. The molecule has 0 saturated carbocycles. The zero-order chi connectivity index (χ0) is 13.1. The molecule has 0 bridgehead atoms. The van der Waals surface area contributed by atoms with E-state index in [1.165, 1.54) is 5.56 Å². The summed E-state index contributed by atoms with van der Waals surface area (Å²) >= 11 is 0. The van der Waals surface area contributed by atoms with Gasteiger partial charge in [-0.05, 0) is 23.8 Å². The highest BCUT2D eigenvalue weighted by molar-refractivity contribution is 5.72. The number of hydrogen-bond donors (Lipinski definition) is 2. The standard InChI is InChI=1S/C14H14N4O/c1-10-17-18-14(19-10)12-4-2-3-5-13(12)16-9-11-6-7-15-8-11/h2-8,15-16H,9H2,1H3. The highest BCUT2D eigenvalue weighted by atomic mass is 16.4. The third-order valence-corrected chi connectivity index (χ3v) is 2.83. The normalized spacial score (nSPS) is 10.6. The van der Waals surface area contributed by atoms with Crippen LogP contribution in [0.15, 0.2) is 47.1 Å². The fourth-order valence-electron chi connectivity index (χ4n) is 1.89.